The minimum Gasteiger partial charge on any atom is -0.444 e. The molecule has 33 heavy (non-hydrogen) atoms. The molecule has 0 aromatic heterocycles. The molecule has 0 saturated heterocycles. The van der Waals surface area contributed by atoms with Crippen LogP contribution in [-0.4, -0.2) is 43.4 Å². The fourth-order valence-electron chi connectivity index (χ4n) is 4.47. The molecule has 0 spiro atoms. The van der Waals surface area contributed by atoms with Crippen LogP contribution in [0.15, 0.2) is 72.8 Å². The molecule has 1 aliphatic rings. The molecule has 6 heteroatoms. The number of amides is 1. The smallest absolute Gasteiger partial charge is 0.408 e. The highest BCUT2D eigenvalue weighted by Gasteiger charge is 2.52. The van der Waals surface area contributed by atoms with E-state index in [1.54, 1.807) is 0 Å². The van der Waals surface area contributed by atoms with Crippen molar-refractivity contribution in [1.29, 1.82) is 0 Å². The number of ether oxygens (including phenoxy) is 1. The minimum absolute atomic E-state index is 0.220. The lowest BCUT2D eigenvalue weighted by Gasteiger charge is -2.47. The Kier molecular flexibility index (Phi) is 7.51. The maximum atomic E-state index is 12.6. The van der Waals surface area contributed by atoms with Gasteiger partial charge >= 0.3 is 6.09 Å². The topological polar surface area (TPSA) is 67.8 Å². The molecule has 5 nitrogen and oxygen atoms in total. The van der Waals surface area contributed by atoms with Crippen molar-refractivity contribution in [3.05, 3.63) is 72.8 Å². The summed E-state index contributed by atoms with van der Waals surface area (Å²) in [5.74, 6) is 0. The minimum atomic E-state index is -2.86. The number of rotatable bonds is 5. The van der Waals surface area contributed by atoms with E-state index in [1.807, 2.05) is 69.3 Å². The SMILES string of the molecule is CC(C)(C)OC(=O)N[C@H]1[C@H](O)CC=C[C@@H]1O[Si](c1ccccc1)(c1ccccc1)C(C)(C)C. The zero-order chi connectivity index (χ0) is 24.3. The Bertz CT molecular complexity index is 908. The van der Waals surface area contributed by atoms with E-state index in [9.17, 15) is 9.90 Å². The van der Waals surface area contributed by atoms with Gasteiger partial charge in [-0.25, -0.2) is 4.79 Å². The second kappa shape index (κ2) is 9.83. The van der Waals surface area contributed by atoms with Gasteiger partial charge < -0.3 is 19.6 Å². The molecule has 0 unspecified atom stereocenters. The zero-order valence-corrected chi connectivity index (χ0v) is 21.5. The van der Waals surface area contributed by atoms with Gasteiger partial charge in [0.25, 0.3) is 8.32 Å². The van der Waals surface area contributed by atoms with Gasteiger partial charge in [0.1, 0.15) is 5.60 Å². The highest BCUT2D eigenvalue weighted by atomic mass is 28.4. The molecule has 178 valence electrons. The first-order chi connectivity index (χ1) is 15.4. The van der Waals surface area contributed by atoms with Gasteiger partial charge in [-0.15, -0.1) is 0 Å². The third-order valence-electron chi connectivity index (χ3n) is 5.88. The summed E-state index contributed by atoms with van der Waals surface area (Å²) in [4.78, 5) is 12.6. The summed E-state index contributed by atoms with van der Waals surface area (Å²) in [5.41, 5.74) is -0.631. The maximum absolute atomic E-state index is 12.6. The molecule has 0 saturated carbocycles. The summed E-state index contributed by atoms with van der Waals surface area (Å²) >= 11 is 0. The lowest BCUT2D eigenvalue weighted by atomic mass is 9.96. The third kappa shape index (κ3) is 5.75. The van der Waals surface area contributed by atoms with Gasteiger partial charge in [0.2, 0.25) is 0 Å². The Morgan fingerprint density at radius 1 is 0.939 bits per heavy atom. The number of carbonyl (C=O) groups excluding carboxylic acids is 1. The molecule has 1 amide bonds. The van der Waals surface area contributed by atoms with Crippen LogP contribution >= 0.6 is 0 Å². The molecule has 0 aliphatic heterocycles. The van der Waals surface area contributed by atoms with E-state index in [4.69, 9.17) is 9.16 Å². The van der Waals surface area contributed by atoms with Crippen molar-refractivity contribution in [3.8, 4) is 0 Å². The Hall–Kier alpha value is -2.41. The summed E-state index contributed by atoms with van der Waals surface area (Å²) < 4.78 is 12.6. The van der Waals surface area contributed by atoms with Crippen LogP contribution in [0.25, 0.3) is 0 Å². The van der Waals surface area contributed by atoms with E-state index in [2.05, 4.69) is 50.4 Å². The summed E-state index contributed by atoms with van der Waals surface area (Å²) in [6.45, 7) is 12.1. The van der Waals surface area contributed by atoms with Crippen LogP contribution in [0.1, 0.15) is 48.0 Å². The predicted octanol–water partition coefficient (Wildman–Crippen LogP) is 4.15. The quantitative estimate of drug-likeness (QED) is 0.512. The van der Waals surface area contributed by atoms with Crippen molar-refractivity contribution < 1.29 is 19.1 Å². The molecular weight excluding hydrogens is 430 g/mol. The third-order valence-corrected chi connectivity index (χ3v) is 10.9. The van der Waals surface area contributed by atoms with Crippen LogP contribution in [0.4, 0.5) is 4.79 Å². The van der Waals surface area contributed by atoms with Crippen molar-refractivity contribution in [2.45, 2.75) is 76.9 Å². The zero-order valence-electron chi connectivity index (χ0n) is 20.5. The van der Waals surface area contributed by atoms with E-state index in [-0.39, 0.29) is 5.04 Å². The summed E-state index contributed by atoms with van der Waals surface area (Å²) in [5, 5.41) is 15.8. The molecule has 0 bridgehead atoms. The van der Waals surface area contributed by atoms with Crippen LogP contribution in [0.5, 0.6) is 0 Å². The number of nitrogens with one attached hydrogen (secondary N) is 1. The lowest BCUT2D eigenvalue weighted by molar-refractivity contribution is 0.0256. The predicted molar refractivity (Wildman–Crippen MR) is 135 cm³/mol. The Balaban J connectivity index is 2.07. The number of carbonyl (C=O) groups is 1. The second-order valence-corrected chi connectivity index (χ2v) is 14.9. The van der Waals surface area contributed by atoms with E-state index in [0.717, 1.165) is 10.4 Å². The number of alkyl carbamates (subject to hydrolysis) is 1. The molecule has 1 aliphatic carbocycles. The first-order valence-electron chi connectivity index (χ1n) is 11.6. The van der Waals surface area contributed by atoms with Gasteiger partial charge in [0.05, 0.1) is 18.2 Å². The normalized spacial score (nSPS) is 21.5. The highest BCUT2D eigenvalue weighted by molar-refractivity contribution is 6.99. The van der Waals surface area contributed by atoms with Crippen molar-refractivity contribution in [2.24, 2.45) is 0 Å². The van der Waals surface area contributed by atoms with Crippen LogP contribution in [0, 0.1) is 0 Å². The van der Waals surface area contributed by atoms with Crippen LogP contribution in [0.3, 0.4) is 0 Å². The van der Waals surface area contributed by atoms with E-state index >= 15 is 0 Å². The van der Waals surface area contributed by atoms with Gasteiger partial charge in [-0.1, -0.05) is 93.6 Å². The van der Waals surface area contributed by atoms with Gasteiger partial charge in [-0.3, -0.25) is 0 Å². The molecular formula is C27H37NO4Si. The number of hydrogen-bond acceptors (Lipinski definition) is 4. The molecule has 3 atom stereocenters. The molecule has 2 N–H and O–H groups in total. The van der Waals surface area contributed by atoms with Crippen LogP contribution in [-0.2, 0) is 9.16 Å². The summed E-state index contributed by atoms with van der Waals surface area (Å²) in [7, 11) is -2.86. The van der Waals surface area contributed by atoms with E-state index < -0.39 is 38.3 Å². The standard InChI is InChI=1S/C27H37NO4Si/c1-26(2,3)31-25(30)28-24-22(29)18-13-19-23(24)32-33(27(4,5)6,20-14-9-7-10-15-20)21-16-11-8-12-17-21/h7-17,19,22-24,29H,18H2,1-6H3,(H,28,30)/t22-,23+,24+/m1/s1. The first kappa shape index (κ1) is 25.2. The first-order valence-corrected chi connectivity index (χ1v) is 13.5. The largest absolute Gasteiger partial charge is 0.444 e. The van der Waals surface area contributed by atoms with E-state index in [1.165, 1.54) is 0 Å². The average molecular weight is 468 g/mol. The van der Waals surface area contributed by atoms with E-state index in [0.29, 0.717) is 6.42 Å². The van der Waals surface area contributed by atoms with Crippen LogP contribution in [0.2, 0.25) is 5.04 Å². The summed E-state index contributed by atoms with van der Waals surface area (Å²) in [6, 6.07) is 20.1. The van der Waals surface area contributed by atoms with Crippen molar-refractivity contribution in [3.63, 3.8) is 0 Å². The monoisotopic (exact) mass is 467 g/mol. The van der Waals surface area contributed by atoms with Gasteiger partial charge in [-0.05, 0) is 42.6 Å². The summed E-state index contributed by atoms with van der Waals surface area (Å²) in [6.07, 6.45) is 2.51. The number of benzene rings is 2. The second-order valence-electron chi connectivity index (χ2n) is 10.6. The Morgan fingerprint density at radius 3 is 1.91 bits per heavy atom. The fraction of sp³-hybridized carbons (Fsp3) is 0.444. The molecule has 3 rings (SSSR count). The van der Waals surface area contributed by atoms with Crippen molar-refractivity contribution >= 4 is 24.8 Å². The van der Waals surface area contributed by atoms with Crippen molar-refractivity contribution in [2.75, 3.05) is 0 Å². The Labute approximate surface area is 199 Å². The van der Waals surface area contributed by atoms with Crippen LogP contribution < -0.4 is 15.7 Å². The lowest BCUT2D eigenvalue weighted by Crippen LogP contribution is -2.69. The van der Waals surface area contributed by atoms with Gasteiger partial charge in [0.15, 0.2) is 0 Å². The fourth-order valence-corrected chi connectivity index (χ4v) is 9.12. The van der Waals surface area contributed by atoms with Crippen molar-refractivity contribution in [1.82, 2.24) is 5.32 Å². The molecule has 0 radical (unpaired) electrons. The molecule has 2 aromatic rings. The Morgan fingerprint density at radius 2 is 1.45 bits per heavy atom. The molecule has 0 fully saturated rings. The molecule has 0 heterocycles. The maximum Gasteiger partial charge on any atom is 0.408 e. The number of aliphatic hydroxyl groups is 1. The van der Waals surface area contributed by atoms with Gasteiger partial charge in [-0.2, -0.15) is 0 Å². The number of hydrogen-bond donors (Lipinski definition) is 2. The molecule has 2 aromatic carbocycles. The highest BCUT2D eigenvalue weighted by Crippen LogP contribution is 2.38. The van der Waals surface area contributed by atoms with Gasteiger partial charge in [0, 0.05) is 0 Å². The number of aliphatic hydroxyl groups excluding tert-OH is 1. The average Bonchev–Trinajstić information content (AvgIpc) is 2.73.